The minimum absolute atomic E-state index is 0.209. The first kappa shape index (κ1) is 13.8. The smallest absolute Gasteiger partial charge is 0.124 e. The highest BCUT2D eigenvalue weighted by Crippen LogP contribution is 2.37. The van der Waals surface area contributed by atoms with E-state index in [-0.39, 0.29) is 6.04 Å². The van der Waals surface area contributed by atoms with Crippen molar-refractivity contribution in [3.05, 3.63) is 42.4 Å². The third-order valence-electron chi connectivity index (χ3n) is 2.88. The Morgan fingerprint density at radius 2 is 2.16 bits per heavy atom. The highest BCUT2D eigenvalue weighted by Gasteiger charge is 2.15. The van der Waals surface area contributed by atoms with Crippen LogP contribution in [0.15, 0.2) is 46.7 Å². The van der Waals surface area contributed by atoms with Gasteiger partial charge in [0, 0.05) is 22.7 Å². The first-order chi connectivity index (χ1) is 9.26. The van der Waals surface area contributed by atoms with Crippen LogP contribution >= 0.6 is 11.8 Å². The quantitative estimate of drug-likeness (QED) is 0.850. The molecular weight excluding hydrogens is 258 g/mol. The van der Waals surface area contributed by atoms with E-state index in [9.17, 15) is 0 Å². The second kappa shape index (κ2) is 6.54. The fourth-order valence-electron chi connectivity index (χ4n) is 1.81. The van der Waals surface area contributed by atoms with Gasteiger partial charge in [-0.2, -0.15) is 0 Å². The van der Waals surface area contributed by atoms with Gasteiger partial charge < -0.3 is 10.1 Å². The lowest BCUT2D eigenvalue weighted by Crippen LogP contribution is -2.14. The first-order valence-electron chi connectivity index (χ1n) is 6.04. The van der Waals surface area contributed by atoms with Crippen LogP contribution in [0.4, 0.5) is 0 Å². The molecule has 2 aromatic rings. The SMILES string of the molecule is CNC(C)c1c(OC)cccc1Sc1ccncn1. The lowest BCUT2D eigenvalue weighted by molar-refractivity contribution is 0.401. The molecule has 0 spiro atoms. The summed E-state index contributed by atoms with van der Waals surface area (Å²) >= 11 is 1.62. The maximum atomic E-state index is 5.46. The summed E-state index contributed by atoms with van der Waals surface area (Å²) in [5, 5.41) is 4.18. The van der Waals surface area contributed by atoms with Gasteiger partial charge in [0.25, 0.3) is 0 Å². The number of nitrogens with one attached hydrogen (secondary N) is 1. The Bertz CT molecular complexity index is 533. The third kappa shape index (κ3) is 3.24. The van der Waals surface area contributed by atoms with Gasteiger partial charge in [-0.1, -0.05) is 17.8 Å². The molecular formula is C14H17N3OS. The van der Waals surface area contributed by atoms with Crippen LogP contribution in [-0.4, -0.2) is 24.1 Å². The summed E-state index contributed by atoms with van der Waals surface area (Å²) in [6.45, 7) is 2.11. The van der Waals surface area contributed by atoms with Gasteiger partial charge in [0.05, 0.1) is 7.11 Å². The molecule has 5 heteroatoms. The Balaban J connectivity index is 2.39. The van der Waals surface area contributed by atoms with Crippen LogP contribution in [0.2, 0.25) is 0 Å². The number of nitrogens with zero attached hydrogens (tertiary/aromatic N) is 2. The van der Waals surface area contributed by atoms with Crippen LogP contribution in [0, 0.1) is 0 Å². The van der Waals surface area contributed by atoms with Crippen molar-refractivity contribution in [1.29, 1.82) is 0 Å². The Morgan fingerprint density at radius 1 is 1.32 bits per heavy atom. The predicted molar refractivity (Wildman–Crippen MR) is 76.6 cm³/mol. The van der Waals surface area contributed by atoms with Crippen molar-refractivity contribution < 1.29 is 4.74 Å². The number of rotatable bonds is 5. The highest BCUT2D eigenvalue weighted by molar-refractivity contribution is 7.99. The summed E-state index contributed by atoms with van der Waals surface area (Å²) < 4.78 is 5.46. The molecule has 1 heterocycles. The topological polar surface area (TPSA) is 47.0 Å². The largest absolute Gasteiger partial charge is 0.496 e. The van der Waals surface area contributed by atoms with Crippen molar-refractivity contribution in [2.45, 2.75) is 22.9 Å². The van der Waals surface area contributed by atoms with Crippen molar-refractivity contribution in [2.75, 3.05) is 14.2 Å². The van der Waals surface area contributed by atoms with Gasteiger partial charge in [-0.15, -0.1) is 0 Å². The number of methoxy groups -OCH3 is 1. The van der Waals surface area contributed by atoms with E-state index in [1.54, 1.807) is 31.4 Å². The zero-order chi connectivity index (χ0) is 13.7. The van der Waals surface area contributed by atoms with Gasteiger partial charge in [0.1, 0.15) is 17.1 Å². The zero-order valence-electron chi connectivity index (χ0n) is 11.3. The van der Waals surface area contributed by atoms with E-state index in [1.165, 1.54) is 0 Å². The molecule has 0 bridgehead atoms. The number of hydrogen-bond acceptors (Lipinski definition) is 5. The molecule has 100 valence electrons. The number of aromatic nitrogens is 2. The number of benzene rings is 1. The average Bonchev–Trinajstić information content (AvgIpc) is 2.47. The summed E-state index contributed by atoms with van der Waals surface area (Å²) in [7, 11) is 3.64. The Morgan fingerprint density at radius 3 is 2.79 bits per heavy atom. The maximum Gasteiger partial charge on any atom is 0.124 e. The van der Waals surface area contributed by atoms with Gasteiger partial charge in [0.2, 0.25) is 0 Å². The molecule has 2 rings (SSSR count). The van der Waals surface area contributed by atoms with E-state index in [1.807, 2.05) is 25.2 Å². The molecule has 1 aromatic carbocycles. The Kier molecular flexibility index (Phi) is 4.76. The molecule has 0 aliphatic rings. The summed E-state index contributed by atoms with van der Waals surface area (Å²) in [4.78, 5) is 9.32. The van der Waals surface area contributed by atoms with Crippen LogP contribution in [0.5, 0.6) is 5.75 Å². The molecule has 0 aliphatic heterocycles. The van der Waals surface area contributed by atoms with Gasteiger partial charge in [0.15, 0.2) is 0 Å². The molecule has 0 aliphatic carbocycles. The summed E-state index contributed by atoms with van der Waals surface area (Å²) in [5.41, 5.74) is 1.15. The summed E-state index contributed by atoms with van der Waals surface area (Å²) in [6.07, 6.45) is 3.31. The highest BCUT2D eigenvalue weighted by atomic mass is 32.2. The molecule has 1 N–H and O–H groups in total. The van der Waals surface area contributed by atoms with Crippen LogP contribution in [0.3, 0.4) is 0 Å². The Hall–Kier alpha value is -1.59. The van der Waals surface area contributed by atoms with Gasteiger partial charge in [-0.25, -0.2) is 9.97 Å². The standard InChI is InChI=1S/C14H17N3OS/c1-10(15-2)14-11(18-3)5-4-6-12(14)19-13-7-8-16-9-17-13/h4-10,15H,1-3H3. The number of hydrogen-bond donors (Lipinski definition) is 1. The molecule has 0 amide bonds. The second-order valence-corrected chi connectivity index (χ2v) is 5.09. The van der Waals surface area contributed by atoms with Crippen molar-refractivity contribution in [2.24, 2.45) is 0 Å². The van der Waals surface area contributed by atoms with Crippen LogP contribution in [0.25, 0.3) is 0 Å². The molecule has 1 atom stereocenters. The van der Waals surface area contributed by atoms with E-state index in [2.05, 4.69) is 28.3 Å². The van der Waals surface area contributed by atoms with Gasteiger partial charge in [-0.3, -0.25) is 0 Å². The normalized spacial score (nSPS) is 12.2. The molecule has 4 nitrogen and oxygen atoms in total. The Labute approximate surface area is 117 Å². The van der Waals surface area contributed by atoms with Crippen LogP contribution in [-0.2, 0) is 0 Å². The summed E-state index contributed by atoms with van der Waals surface area (Å²) in [6, 6.07) is 8.17. The van der Waals surface area contributed by atoms with Crippen molar-refractivity contribution in [3.8, 4) is 5.75 Å². The van der Waals surface area contributed by atoms with E-state index >= 15 is 0 Å². The lowest BCUT2D eigenvalue weighted by atomic mass is 10.1. The monoisotopic (exact) mass is 275 g/mol. The van der Waals surface area contributed by atoms with E-state index in [0.29, 0.717) is 0 Å². The lowest BCUT2D eigenvalue weighted by Gasteiger charge is -2.18. The molecule has 0 saturated heterocycles. The molecule has 19 heavy (non-hydrogen) atoms. The van der Waals surface area contributed by atoms with E-state index in [4.69, 9.17) is 4.74 Å². The van der Waals surface area contributed by atoms with Gasteiger partial charge in [-0.05, 0) is 32.2 Å². The van der Waals surface area contributed by atoms with Crippen molar-refractivity contribution in [3.63, 3.8) is 0 Å². The van der Waals surface area contributed by atoms with E-state index < -0.39 is 0 Å². The zero-order valence-corrected chi connectivity index (χ0v) is 12.1. The average molecular weight is 275 g/mol. The maximum absolute atomic E-state index is 5.46. The molecule has 0 radical (unpaired) electrons. The van der Waals surface area contributed by atoms with Crippen molar-refractivity contribution >= 4 is 11.8 Å². The molecule has 1 unspecified atom stereocenters. The molecule has 1 aromatic heterocycles. The van der Waals surface area contributed by atoms with Crippen LogP contribution in [0.1, 0.15) is 18.5 Å². The fourth-order valence-corrected chi connectivity index (χ4v) is 2.80. The van der Waals surface area contributed by atoms with Crippen LogP contribution < -0.4 is 10.1 Å². The molecule has 0 fully saturated rings. The summed E-state index contributed by atoms with van der Waals surface area (Å²) in [5.74, 6) is 0.890. The fraction of sp³-hybridized carbons (Fsp3) is 0.286. The van der Waals surface area contributed by atoms with Crippen molar-refractivity contribution in [1.82, 2.24) is 15.3 Å². The first-order valence-corrected chi connectivity index (χ1v) is 6.86. The third-order valence-corrected chi connectivity index (χ3v) is 3.91. The second-order valence-electron chi connectivity index (χ2n) is 4.03. The van der Waals surface area contributed by atoms with E-state index in [0.717, 1.165) is 21.2 Å². The minimum atomic E-state index is 0.209. The minimum Gasteiger partial charge on any atom is -0.496 e. The predicted octanol–water partition coefficient (Wildman–Crippen LogP) is 2.92. The number of ether oxygens (including phenoxy) is 1. The van der Waals surface area contributed by atoms with Gasteiger partial charge >= 0.3 is 0 Å². The molecule has 0 saturated carbocycles.